The summed E-state index contributed by atoms with van der Waals surface area (Å²) in [6, 6.07) is 4.87. The van der Waals surface area contributed by atoms with Gasteiger partial charge in [-0.1, -0.05) is 33.8 Å². The third kappa shape index (κ3) is 7.72. The van der Waals surface area contributed by atoms with Crippen LogP contribution in [-0.2, 0) is 5.41 Å². The Morgan fingerprint density at radius 3 is 2.58 bits per heavy atom. The van der Waals surface area contributed by atoms with Crippen molar-refractivity contribution in [3.63, 3.8) is 0 Å². The number of rotatable bonds is 7. The Morgan fingerprint density at radius 2 is 2.04 bits per heavy atom. The Bertz CT molecular complexity index is 520. The van der Waals surface area contributed by atoms with Crippen LogP contribution in [0, 0.1) is 5.92 Å². The number of nitrogens with one attached hydrogen (secondary N) is 2. The monoisotopic (exact) mass is 492 g/mol. The summed E-state index contributed by atoms with van der Waals surface area (Å²) in [5.41, 5.74) is 0.0805. The van der Waals surface area contributed by atoms with Crippen LogP contribution >= 0.6 is 35.3 Å². The van der Waals surface area contributed by atoms with Gasteiger partial charge in [0.25, 0.3) is 0 Å². The molecule has 1 saturated heterocycles. The Balaban J connectivity index is 0.00000338. The molecule has 26 heavy (non-hydrogen) atoms. The first-order chi connectivity index (χ1) is 11.9. The maximum absolute atomic E-state index is 4.89. The zero-order chi connectivity index (χ0) is 18.3. The molecule has 2 rings (SSSR count). The van der Waals surface area contributed by atoms with E-state index in [0.29, 0.717) is 6.04 Å². The average Bonchev–Trinajstić information content (AvgIpc) is 3.10. The van der Waals surface area contributed by atoms with Gasteiger partial charge in [0.15, 0.2) is 5.96 Å². The van der Waals surface area contributed by atoms with Crippen molar-refractivity contribution in [2.75, 3.05) is 32.7 Å². The van der Waals surface area contributed by atoms with Crippen LogP contribution in [-0.4, -0.2) is 49.6 Å². The van der Waals surface area contributed by atoms with Crippen molar-refractivity contribution >= 4 is 41.3 Å². The highest BCUT2D eigenvalue weighted by molar-refractivity contribution is 14.0. The zero-order valence-corrected chi connectivity index (χ0v) is 20.2. The van der Waals surface area contributed by atoms with Crippen LogP contribution in [0.25, 0.3) is 0 Å². The number of aliphatic imine (C=N–C) groups is 1. The highest BCUT2D eigenvalue weighted by Crippen LogP contribution is 2.27. The first kappa shape index (κ1) is 23.7. The van der Waals surface area contributed by atoms with E-state index in [0.717, 1.165) is 25.0 Å². The highest BCUT2D eigenvalue weighted by Gasteiger charge is 2.23. The summed E-state index contributed by atoms with van der Waals surface area (Å²) >= 11 is 1.82. The molecule has 0 atom stereocenters. The van der Waals surface area contributed by atoms with Gasteiger partial charge in [-0.15, -0.1) is 35.3 Å². The third-order valence-electron chi connectivity index (χ3n) is 4.72. The fourth-order valence-corrected chi connectivity index (χ4v) is 4.15. The van der Waals surface area contributed by atoms with Crippen LogP contribution in [0.5, 0.6) is 0 Å². The molecule has 0 bridgehead atoms. The molecule has 150 valence electrons. The second kappa shape index (κ2) is 11.5. The summed E-state index contributed by atoms with van der Waals surface area (Å²) in [4.78, 5) is 8.88. The summed E-state index contributed by atoms with van der Waals surface area (Å²) in [6.45, 7) is 16.6. The molecule has 1 aliphatic heterocycles. The summed E-state index contributed by atoms with van der Waals surface area (Å²) < 4.78 is 0. The van der Waals surface area contributed by atoms with Crippen LogP contribution in [0.1, 0.15) is 52.3 Å². The average molecular weight is 493 g/mol. The predicted octanol–water partition coefficient (Wildman–Crippen LogP) is 4.32. The summed E-state index contributed by atoms with van der Waals surface area (Å²) in [6.07, 6.45) is 2.40. The summed E-state index contributed by atoms with van der Waals surface area (Å²) in [7, 11) is 0. The quantitative estimate of drug-likeness (QED) is 0.339. The largest absolute Gasteiger partial charge is 0.357 e. The molecule has 1 aliphatic rings. The molecule has 1 fully saturated rings. The third-order valence-corrected chi connectivity index (χ3v) is 5.95. The van der Waals surface area contributed by atoms with E-state index < -0.39 is 0 Å². The summed E-state index contributed by atoms with van der Waals surface area (Å²) in [5.74, 6) is 1.72. The Hall–Kier alpha value is -0.340. The van der Waals surface area contributed by atoms with Gasteiger partial charge in [0.05, 0.1) is 6.54 Å². The highest BCUT2D eigenvalue weighted by atomic mass is 127. The second-order valence-electron chi connectivity index (χ2n) is 8.17. The molecular formula is C20H37IN4S. The second-order valence-corrected chi connectivity index (χ2v) is 9.12. The van der Waals surface area contributed by atoms with Gasteiger partial charge in [-0.05, 0) is 37.1 Å². The Labute approximate surface area is 181 Å². The first-order valence-corrected chi connectivity index (χ1v) is 10.6. The van der Waals surface area contributed by atoms with Crippen LogP contribution in [0.4, 0.5) is 0 Å². The molecule has 4 nitrogen and oxygen atoms in total. The van der Waals surface area contributed by atoms with E-state index in [9.17, 15) is 0 Å². The predicted molar refractivity (Wildman–Crippen MR) is 126 cm³/mol. The number of hydrogen-bond donors (Lipinski definition) is 2. The van der Waals surface area contributed by atoms with Crippen LogP contribution in [0.2, 0.25) is 0 Å². The van der Waals surface area contributed by atoms with Crippen molar-refractivity contribution in [3.05, 3.63) is 22.4 Å². The molecule has 0 unspecified atom stereocenters. The molecule has 2 heterocycles. The molecular weight excluding hydrogens is 455 g/mol. The molecule has 1 aromatic rings. The number of likely N-dealkylation sites (tertiary alicyclic amines) is 1. The van der Waals surface area contributed by atoms with E-state index in [4.69, 9.17) is 4.99 Å². The van der Waals surface area contributed by atoms with E-state index in [1.165, 1.54) is 37.4 Å². The van der Waals surface area contributed by atoms with Crippen molar-refractivity contribution in [1.82, 2.24) is 15.5 Å². The zero-order valence-electron chi connectivity index (χ0n) is 17.0. The minimum Gasteiger partial charge on any atom is -0.357 e. The van der Waals surface area contributed by atoms with Gasteiger partial charge in [-0.2, -0.15) is 0 Å². The molecule has 0 saturated carbocycles. The molecule has 0 aromatic carbocycles. The first-order valence-electron chi connectivity index (χ1n) is 9.72. The number of piperidine rings is 1. The van der Waals surface area contributed by atoms with Crippen molar-refractivity contribution in [2.24, 2.45) is 10.9 Å². The van der Waals surface area contributed by atoms with E-state index >= 15 is 0 Å². The summed E-state index contributed by atoms with van der Waals surface area (Å²) in [5, 5.41) is 9.23. The lowest BCUT2D eigenvalue weighted by atomic mass is 9.92. The van der Waals surface area contributed by atoms with Gasteiger partial charge in [-0.3, -0.25) is 4.99 Å². The molecule has 0 spiro atoms. The number of hydrogen-bond acceptors (Lipinski definition) is 3. The van der Waals surface area contributed by atoms with Crippen LogP contribution in [0.3, 0.4) is 0 Å². The van der Waals surface area contributed by atoms with Crippen LogP contribution < -0.4 is 10.6 Å². The number of nitrogens with zero attached hydrogens (tertiary/aromatic N) is 2. The molecule has 0 amide bonds. The smallest absolute Gasteiger partial charge is 0.191 e. The molecule has 1 aromatic heterocycles. The van der Waals surface area contributed by atoms with Gasteiger partial charge < -0.3 is 15.5 Å². The van der Waals surface area contributed by atoms with Crippen molar-refractivity contribution in [3.8, 4) is 0 Å². The van der Waals surface area contributed by atoms with E-state index in [1.54, 1.807) is 0 Å². The van der Waals surface area contributed by atoms with Gasteiger partial charge in [0.1, 0.15) is 0 Å². The van der Waals surface area contributed by atoms with Crippen molar-refractivity contribution in [1.29, 1.82) is 0 Å². The Kier molecular flexibility index (Phi) is 10.5. The van der Waals surface area contributed by atoms with Gasteiger partial charge in [-0.25, -0.2) is 0 Å². The maximum Gasteiger partial charge on any atom is 0.191 e. The normalized spacial score (nSPS) is 17.2. The molecule has 6 heteroatoms. The topological polar surface area (TPSA) is 39.7 Å². The molecule has 0 aliphatic carbocycles. The maximum atomic E-state index is 4.89. The Morgan fingerprint density at radius 1 is 1.35 bits per heavy atom. The van der Waals surface area contributed by atoms with E-state index in [-0.39, 0.29) is 29.4 Å². The van der Waals surface area contributed by atoms with E-state index in [2.05, 4.69) is 67.7 Å². The van der Waals surface area contributed by atoms with Gasteiger partial charge in [0.2, 0.25) is 0 Å². The number of halogens is 1. The van der Waals surface area contributed by atoms with Crippen molar-refractivity contribution in [2.45, 2.75) is 58.9 Å². The lowest BCUT2D eigenvalue weighted by Crippen LogP contribution is -2.49. The van der Waals surface area contributed by atoms with Crippen LogP contribution in [0.15, 0.2) is 22.5 Å². The minimum absolute atomic E-state index is 0. The fraction of sp³-hybridized carbons (Fsp3) is 0.750. The van der Waals surface area contributed by atoms with Crippen molar-refractivity contribution < 1.29 is 0 Å². The SMILES string of the molecule is CCNC(=NCC(C)(C)c1cccs1)NC1CCN(CC(C)C)CC1.I. The lowest BCUT2D eigenvalue weighted by molar-refractivity contribution is 0.187. The molecule has 0 radical (unpaired) electrons. The van der Waals surface area contributed by atoms with E-state index in [1.807, 2.05) is 11.3 Å². The number of thiophene rings is 1. The van der Waals surface area contributed by atoms with Gasteiger partial charge >= 0.3 is 0 Å². The molecule has 2 N–H and O–H groups in total. The number of guanidine groups is 1. The van der Waals surface area contributed by atoms with Gasteiger partial charge in [0, 0.05) is 42.5 Å². The lowest BCUT2D eigenvalue weighted by Gasteiger charge is -2.34. The minimum atomic E-state index is 0. The standard InChI is InChI=1S/C20H36N4S.HI/c1-6-21-19(22-15-20(4,5)18-8-7-13-25-18)23-17-9-11-24(12-10-17)14-16(2)3;/h7-8,13,16-17H,6,9-12,14-15H2,1-5H3,(H2,21,22,23);1H. The fourth-order valence-electron chi connectivity index (χ4n) is 3.31.